The summed E-state index contributed by atoms with van der Waals surface area (Å²) in [5, 5.41) is 0. The standard InChI is InChI=1S/C18H28N4O/c1-7-19-18(20-8-1)21-9-2-15(3-10-21)16-4-11-22(14-16)17-5-12-23-13-6-17/h1,7-8,15-17H,2-6,9-14H2. The molecule has 1 unspecified atom stereocenters. The molecule has 4 rings (SSSR count). The molecular weight excluding hydrogens is 288 g/mol. The molecule has 3 fully saturated rings. The molecule has 5 nitrogen and oxygen atoms in total. The minimum absolute atomic E-state index is 0.784. The molecule has 4 heterocycles. The lowest BCUT2D eigenvalue weighted by Gasteiger charge is -2.35. The van der Waals surface area contributed by atoms with Gasteiger partial charge in [0.1, 0.15) is 0 Å². The molecule has 1 aromatic heterocycles. The molecule has 5 heteroatoms. The highest BCUT2D eigenvalue weighted by molar-refractivity contribution is 5.28. The predicted octanol–water partition coefficient (Wildman–Crippen LogP) is 2.19. The molecular formula is C18H28N4O. The third-order valence-electron chi connectivity index (χ3n) is 6.00. The van der Waals surface area contributed by atoms with E-state index in [9.17, 15) is 0 Å². The summed E-state index contributed by atoms with van der Waals surface area (Å²) >= 11 is 0. The van der Waals surface area contributed by atoms with Gasteiger partial charge >= 0.3 is 0 Å². The lowest BCUT2D eigenvalue weighted by molar-refractivity contribution is 0.0399. The first-order valence-corrected chi connectivity index (χ1v) is 9.24. The number of aromatic nitrogens is 2. The molecule has 1 atom stereocenters. The van der Waals surface area contributed by atoms with E-state index in [2.05, 4.69) is 19.8 Å². The number of rotatable bonds is 3. The average molecular weight is 316 g/mol. The molecule has 3 saturated heterocycles. The van der Waals surface area contributed by atoms with Crippen LogP contribution in [0.3, 0.4) is 0 Å². The van der Waals surface area contributed by atoms with E-state index in [-0.39, 0.29) is 0 Å². The molecule has 1 aromatic rings. The summed E-state index contributed by atoms with van der Waals surface area (Å²) < 4.78 is 5.51. The van der Waals surface area contributed by atoms with Crippen LogP contribution in [0.2, 0.25) is 0 Å². The molecule has 3 aliphatic heterocycles. The Labute approximate surface area is 139 Å². The van der Waals surface area contributed by atoms with Crippen molar-refractivity contribution < 1.29 is 4.74 Å². The first kappa shape index (κ1) is 15.3. The highest BCUT2D eigenvalue weighted by Crippen LogP contribution is 2.34. The van der Waals surface area contributed by atoms with Crippen molar-refractivity contribution in [3.05, 3.63) is 18.5 Å². The maximum Gasteiger partial charge on any atom is 0.225 e. The Morgan fingerprint density at radius 1 is 0.870 bits per heavy atom. The summed E-state index contributed by atoms with van der Waals surface area (Å²) in [6.07, 6.45) is 10.1. The summed E-state index contributed by atoms with van der Waals surface area (Å²) in [6.45, 7) is 6.77. The number of likely N-dealkylation sites (tertiary alicyclic amines) is 1. The van der Waals surface area contributed by atoms with Crippen LogP contribution in [0.15, 0.2) is 18.5 Å². The van der Waals surface area contributed by atoms with Gasteiger partial charge < -0.3 is 9.64 Å². The molecule has 0 radical (unpaired) electrons. The zero-order valence-corrected chi connectivity index (χ0v) is 13.9. The lowest BCUT2D eigenvalue weighted by atomic mass is 9.84. The summed E-state index contributed by atoms with van der Waals surface area (Å²) in [6, 6.07) is 2.67. The number of hydrogen-bond acceptors (Lipinski definition) is 5. The van der Waals surface area contributed by atoms with Crippen LogP contribution in [0, 0.1) is 11.8 Å². The van der Waals surface area contributed by atoms with Gasteiger partial charge in [-0.25, -0.2) is 9.97 Å². The summed E-state index contributed by atoms with van der Waals surface area (Å²) in [4.78, 5) is 13.9. The van der Waals surface area contributed by atoms with Crippen molar-refractivity contribution in [3.63, 3.8) is 0 Å². The van der Waals surface area contributed by atoms with Gasteiger partial charge in [0.2, 0.25) is 5.95 Å². The van der Waals surface area contributed by atoms with Crippen molar-refractivity contribution >= 4 is 5.95 Å². The molecule has 0 amide bonds. The Morgan fingerprint density at radius 2 is 1.57 bits per heavy atom. The van der Waals surface area contributed by atoms with E-state index >= 15 is 0 Å². The van der Waals surface area contributed by atoms with Crippen molar-refractivity contribution in [2.75, 3.05) is 44.3 Å². The Balaban J connectivity index is 1.28. The molecule has 0 N–H and O–H groups in total. The van der Waals surface area contributed by atoms with E-state index in [0.29, 0.717) is 0 Å². The molecule has 0 bridgehead atoms. The van der Waals surface area contributed by atoms with Crippen molar-refractivity contribution in [3.8, 4) is 0 Å². The quantitative estimate of drug-likeness (QED) is 0.855. The van der Waals surface area contributed by atoms with Gasteiger partial charge in [-0.3, -0.25) is 4.90 Å². The maximum atomic E-state index is 5.51. The molecule has 0 aliphatic carbocycles. The SMILES string of the molecule is c1cnc(N2CCC(C3CCN(C4CCOCC4)C3)CC2)nc1. The van der Waals surface area contributed by atoms with Crippen LogP contribution in [0.4, 0.5) is 5.95 Å². The number of piperidine rings is 1. The topological polar surface area (TPSA) is 41.5 Å². The molecule has 0 spiro atoms. The summed E-state index contributed by atoms with van der Waals surface area (Å²) in [7, 11) is 0. The van der Waals surface area contributed by atoms with Crippen LogP contribution in [0.25, 0.3) is 0 Å². The fourth-order valence-corrected chi connectivity index (χ4v) is 4.61. The molecule has 126 valence electrons. The van der Waals surface area contributed by atoms with Gasteiger partial charge in [-0.1, -0.05) is 0 Å². The zero-order chi connectivity index (χ0) is 15.5. The van der Waals surface area contributed by atoms with E-state index in [1.165, 1.54) is 45.2 Å². The first-order valence-electron chi connectivity index (χ1n) is 9.24. The highest BCUT2D eigenvalue weighted by atomic mass is 16.5. The van der Waals surface area contributed by atoms with Gasteiger partial charge in [-0.2, -0.15) is 0 Å². The Hall–Kier alpha value is -1.20. The third kappa shape index (κ3) is 3.50. The van der Waals surface area contributed by atoms with Crippen molar-refractivity contribution in [1.29, 1.82) is 0 Å². The number of anilines is 1. The zero-order valence-electron chi connectivity index (χ0n) is 13.9. The summed E-state index contributed by atoms with van der Waals surface area (Å²) in [5.41, 5.74) is 0. The van der Waals surface area contributed by atoms with Gasteiger partial charge in [0.15, 0.2) is 0 Å². The Bertz CT molecular complexity index is 483. The summed E-state index contributed by atoms with van der Waals surface area (Å²) in [5.74, 6) is 2.69. The van der Waals surface area contributed by atoms with Gasteiger partial charge in [-0.05, 0) is 56.6 Å². The van der Waals surface area contributed by atoms with Crippen LogP contribution >= 0.6 is 0 Å². The fraction of sp³-hybridized carbons (Fsp3) is 0.778. The molecule has 3 aliphatic rings. The largest absolute Gasteiger partial charge is 0.381 e. The maximum absolute atomic E-state index is 5.51. The minimum atomic E-state index is 0.784. The normalized spacial score (nSPS) is 28.3. The van der Waals surface area contributed by atoms with Crippen LogP contribution in [0.1, 0.15) is 32.1 Å². The van der Waals surface area contributed by atoms with Crippen LogP contribution in [-0.2, 0) is 4.74 Å². The Kier molecular flexibility index (Phi) is 4.76. The molecule has 0 saturated carbocycles. The number of ether oxygens (including phenoxy) is 1. The van der Waals surface area contributed by atoms with E-state index in [1.54, 1.807) is 0 Å². The second kappa shape index (κ2) is 7.14. The van der Waals surface area contributed by atoms with Crippen LogP contribution in [0.5, 0.6) is 0 Å². The Morgan fingerprint density at radius 3 is 2.30 bits per heavy atom. The number of hydrogen-bond donors (Lipinski definition) is 0. The van der Waals surface area contributed by atoms with E-state index in [0.717, 1.165) is 50.1 Å². The van der Waals surface area contributed by atoms with Gasteiger partial charge in [0.25, 0.3) is 0 Å². The van der Waals surface area contributed by atoms with Crippen molar-refractivity contribution in [2.24, 2.45) is 11.8 Å². The van der Waals surface area contributed by atoms with E-state index in [1.807, 2.05) is 18.5 Å². The second-order valence-electron chi connectivity index (χ2n) is 7.26. The van der Waals surface area contributed by atoms with E-state index in [4.69, 9.17) is 4.74 Å². The van der Waals surface area contributed by atoms with Gasteiger partial charge in [-0.15, -0.1) is 0 Å². The monoisotopic (exact) mass is 316 g/mol. The minimum Gasteiger partial charge on any atom is -0.381 e. The highest BCUT2D eigenvalue weighted by Gasteiger charge is 2.35. The van der Waals surface area contributed by atoms with Crippen molar-refractivity contribution in [2.45, 2.75) is 38.1 Å². The average Bonchev–Trinajstić information content (AvgIpc) is 3.14. The smallest absolute Gasteiger partial charge is 0.225 e. The lowest BCUT2D eigenvalue weighted by Crippen LogP contribution is -2.40. The predicted molar refractivity (Wildman–Crippen MR) is 90.5 cm³/mol. The van der Waals surface area contributed by atoms with E-state index < -0.39 is 0 Å². The van der Waals surface area contributed by atoms with Gasteiger partial charge in [0.05, 0.1) is 0 Å². The molecule has 23 heavy (non-hydrogen) atoms. The first-order chi connectivity index (χ1) is 11.4. The van der Waals surface area contributed by atoms with Crippen LogP contribution in [-0.4, -0.2) is 60.3 Å². The molecule has 0 aromatic carbocycles. The fourth-order valence-electron chi connectivity index (χ4n) is 4.61. The number of nitrogens with zero attached hydrogens (tertiary/aromatic N) is 4. The van der Waals surface area contributed by atoms with Crippen LogP contribution < -0.4 is 4.90 Å². The second-order valence-corrected chi connectivity index (χ2v) is 7.26. The third-order valence-corrected chi connectivity index (χ3v) is 6.00. The van der Waals surface area contributed by atoms with Gasteiger partial charge in [0, 0.05) is 51.3 Å². The van der Waals surface area contributed by atoms with Crippen molar-refractivity contribution in [1.82, 2.24) is 14.9 Å².